The van der Waals surface area contributed by atoms with Crippen LogP contribution in [0, 0.1) is 6.92 Å². The normalized spacial score (nSPS) is 11.0. The molecule has 0 atom stereocenters. The molecule has 0 aliphatic carbocycles. The predicted molar refractivity (Wildman–Crippen MR) is 145 cm³/mol. The van der Waals surface area contributed by atoms with E-state index < -0.39 is 0 Å². The van der Waals surface area contributed by atoms with E-state index in [2.05, 4.69) is 45.5 Å². The fourth-order valence-electron chi connectivity index (χ4n) is 2.98. The minimum atomic E-state index is -0.164. The second-order valence-electron chi connectivity index (χ2n) is 7.28. The highest BCUT2D eigenvalue weighted by atomic mass is 79.9. The first-order chi connectivity index (χ1) is 16.4. The molecule has 0 unspecified atom stereocenters. The number of halogens is 3. The van der Waals surface area contributed by atoms with Crippen molar-refractivity contribution >= 4 is 63.0 Å². The van der Waals surface area contributed by atoms with E-state index in [1.807, 2.05) is 24.3 Å². The summed E-state index contributed by atoms with van der Waals surface area (Å²) in [5, 5.41) is 5.02. The molecule has 0 spiro atoms. The van der Waals surface area contributed by atoms with Crippen molar-refractivity contribution < 1.29 is 14.3 Å². The molecule has 34 heavy (non-hydrogen) atoms. The Balaban J connectivity index is 1.55. The van der Waals surface area contributed by atoms with E-state index in [0.29, 0.717) is 31.8 Å². The van der Waals surface area contributed by atoms with Gasteiger partial charge in [0.1, 0.15) is 6.61 Å². The molecule has 0 bridgehead atoms. The lowest BCUT2D eigenvalue weighted by Crippen LogP contribution is -2.19. The van der Waals surface area contributed by atoms with Crippen LogP contribution in [0.2, 0.25) is 10.0 Å². The lowest BCUT2D eigenvalue weighted by atomic mass is 10.1. The summed E-state index contributed by atoms with van der Waals surface area (Å²) >= 11 is 17.1. The van der Waals surface area contributed by atoms with Crippen LogP contribution in [-0.4, -0.2) is 25.0 Å². The Bertz CT molecular complexity index is 1190. The van der Waals surface area contributed by atoms with Crippen LogP contribution in [-0.2, 0) is 17.2 Å². The van der Waals surface area contributed by atoms with Crippen LogP contribution >= 0.6 is 50.9 Å². The number of carbonyl (C=O) groups excluding carboxylic acids is 1. The second-order valence-corrected chi connectivity index (χ2v) is 9.94. The highest BCUT2D eigenvalue weighted by molar-refractivity contribution is 9.10. The van der Waals surface area contributed by atoms with Crippen molar-refractivity contribution in [1.82, 2.24) is 5.43 Å². The topological polar surface area (TPSA) is 59.9 Å². The largest absolute Gasteiger partial charge is 0.493 e. The zero-order chi connectivity index (χ0) is 24.5. The predicted octanol–water partition coefficient (Wildman–Crippen LogP) is 7.04. The average molecular weight is 582 g/mol. The van der Waals surface area contributed by atoms with Crippen LogP contribution in [0.3, 0.4) is 0 Å². The van der Waals surface area contributed by atoms with Gasteiger partial charge in [-0.2, -0.15) is 5.10 Å². The lowest BCUT2D eigenvalue weighted by Gasteiger charge is -2.14. The quantitative estimate of drug-likeness (QED) is 0.206. The van der Waals surface area contributed by atoms with Crippen molar-refractivity contribution in [1.29, 1.82) is 0 Å². The minimum Gasteiger partial charge on any atom is -0.493 e. The molecule has 5 nitrogen and oxygen atoms in total. The van der Waals surface area contributed by atoms with E-state index in [4.69, 9.17) is 32.7 Å². The summed E-state index contributed by atoms with van der Waals surface area (Å²) < 4.78 is 12.1. The van der Waals surface area contributed by atoms with E-state index in [9.17, 15) is 4.79 Å². The Morgan fingerprint density at radius 1 is 1.15 bits per heavy atom. The van der Waals surface area contributed by atoms with E-state index in [1.165, 1.54) is 11.1 Å². The fourth-order valence-corrected chi connectivity index (χ4v) is 4.77. The Labute approximate surface area is 222 Å². The zero-order valence-corrected chi connectivity index (χ0v) is 22.5. The molecule has 1 N–H and O–H groups in total. The SMILES string of the molecule is COc1cc(/C=N\NC(=O)CSCc2ccccc2C)cc(Br)c1OCc1ccc(Cl)c(Cl)c1. The van der Waals surface area contributed by atoms with Gasteiger partial charge in [-0.3, -0.25) is 4.79 Å². The minimum absolute atomic E-state index is 0.164. The fraction of sp³-hybridized carbons (Fsp3) is 0.200. The maximum atomic E-state index is 12.1. The molecule has 0 radical (unpaired) electrons. The molecule has 0 saturated heterocycles. The summed E-state index contributed by atoms with van der Waals surface area (Å²) in [5.41, 5.74) is 6.61. The van der Waals surface area contributed by atoms with Gasteiger partial charge in [-0.1, -0.05) is 53.5 Å². The van der Waals surface area contributed by atoms with Crippen LogP contribution in [0.1, 0.15) is 22.3 Å². The van der Waals surface area contributed by atoms with Crippen LogP contribution in [0.5, 0.6) is 11.5 Å². The van der Waals surface area contributed by atoms with Crippen molar-refractivity contribution in [3.8, 4) is 11.5 Å². The first-order valence-corrected chi connectivity index (χ1v) is 13.0. The number of nitrogens with one attached hydrogen (secondary N) is 1. The highest BCUT2D eigenvalue weighted by Crippen LogP contribution is 2.37. The summed E-state index contributed by atoms with van der Waals surface area (Å²) in [7, 11) is 1.56. The van der Waals surface area contributed by atoms with E-state index in [-0.39, 0.29) is 12.5 Å². The van der Waals surface area contributed by atoms with Gasteiger partial charge in [0.05, 0.1) is 33.6 Å². The molecule has 3 aromatic carbocycles. The van der Waals surface area contributed by atoms with E-state index >= 15 is 0 Å². The molecule has 0 aliphatic rings. The average Bonchev–Trinajstić information content (AvgIpc) is 2.81. The number of hydrogen-bond acceptors (Lipinski definition) is 5. The second kappa shape index (κ2) is 13.0. The molecule has 9 heteroatoms. The number of amides is 1. The molecular formula is C25H23BrCl2N2O3S. The van der Waals surface area contributed by atoms with E-state index in [0.717, 1.165) is 16.9 Å². The van der Waals surface area contributed by atoms with Gasteiger partial charge in [0.15, 0.2) is 11.5 Å². The maximum Gasteiger partial charge on any atom is 0.250 e. The highest BCUT2D eigenvalue weighted by Gasteiger charge is 2.12. The van der Waals surface area contributed by atoms with Crippen LogP contribution in [0.15, 0.2) is 64.2 Å². The van der Waals surface area contributed by atoms with Gasteiger partial charge in [0.25, 0.3) is 0 Å². The summed E-state index contributed by atoms with van der Waals surface area (Å²) in [6, 6.07) is 17.1. The number of hydrazone groups is 1. The Morgan fingerprint density at radius 2 is 1.94 bits per heavy atom. The van der Waals surface area contributed by atoms with Gasteiger partial charge in [-0.15, -0.1) is 11.8 Å². The Morgan fingerprint density at radius 3 is 2.68 bits per heavy atom. The summed E-state index contributed by atoms with van der Waals surface area (Å²) in [5.74, 6) is 2.00. The summed E-state index contributed by atoms with van der Waals surface area (Å²) in [4.78, 5) is 12.1. The number of methoxy groups -OCH3 is 1. The van der Waals surface area contributed by atoms with Gasteiger partial charge in [0.2, 0.25) is 5.91 Å². The summed E-state index contributed by atoms with van der Waals surface area (Å²) in [6.45, 7) is 2.35. The number of hydrogen-bond donors (Lipinski definition) is 1. The van der Waals surface area contributed by atoms with Gasteiger partial charge >= 0.3 is 0 Å². The molecule has 1 amide bonds. The van der Waals surface area contributed by atoms with Gasteiger partial charge in [-0.25, -0.2) is 5.43 Å². The number of benzene rings is 3. The number of rotatable bonds is 10. The van der Waals surface area contributed by atoms with E-state index in [1.54, 1.807) is 43.3 Å². The summed E-state index contributed by atoms with van der Waals surface area (Å²) in [6.07, 6.45) is 1.56. The number of nitrogens with zero attached hydrogens (tertiary/aromatic N) is 1. The monoisotopic (exact) mass is 580 g/mol. The van der Waals surface area contributed by atoms with Gasteiger partial charge in [-0.05, 0) is 69.4 Å². The smallest absolute Gasteiger partial charge is 0.250 e. The third-order valence-corrected chi connectivity index (χ3v) is 7.08. The van der Waals surface area contributed by atoms with Crippen molar-refractivity contribution in [3.05, 3.63) is 91.4 Å². The van der Waals surface area contributed by atoms with Crippen molar-refractivity contribution in [2.75, 3.05) is 12.9 Å². The Hall–Kier alpha value is -2.19. The van der Waals surface area contributed by atoms with Gasteiger partial charge in [0, 0.05) is 5.75 Å². The molecule has 0 heterocycles. The number of carbonyl (C=O) groups is 1. The first-order valence-electron chi connectivity index (χ1n) is 10.3. The number of aryl methyl sites for hydroxylation is 1. The molecule has 0 aliphatic heterocycles. The third-order valence-electron chi connectivity index (χ3n) is 4.77. The zero-order valence-electron chi connectivity index (χ0n) is 18.6. The van der Waals surface area contributed by atoms with Gasteiger partial charge < -0.3 is 9.47 Å². The van der Waals surface area contributed by atoms with Crippen LogP contribution in [0.4, 0.5) is 0 Å². The van der Waals surface area contributed by atoms with Crippen molar-refractivity contribution in [2.45, 2.75) is 19.3 Å². The number of ether oxygens (including phenoxy) is 2. The number of thioether (sulfide) groups is 1. The lowest BCUT2D eigenvalue weighted by molar-refractivity contribution is -0.118. The molecule has 0 aromatic heterocycles. The molecule has 0 saturated carbocycles. The molecule has 178 valence electrons. The molecule has 0 fully saturated rings. The molecule has 3 rings (SSSR count). The standard InChI is InChI=1S/C25H23BrCl2N2O3S/c1-16-5-3-4-6-19(16)14-34-15-24(31)30-29-12-18-9-20(26)25(23(11-18)32-2)33-13-17-7-8-21(27)22(28)10-17/h3-12H,13-15H2,1-2H3,(H,30,31)/b29-12-. The first kappa shape index (κ1) is 26.4. The third kappa shape index (κ3) is 7.67. The van der Waals surface area contributed by atoms with Crippen LogP contribution < -0.4 is 14.9 Å². The molecule has 3 aromatic rings. The van der Waals surface area contributed by atoms with Crippen molar-refractivity contribution in [3.63, 3.8) is 0 Å². The maximum absolute atomic E-state index is 12.1. The van der Waals surface area contributed by atoms with Crippen molar-refractivity contribution in [2.24, 2.45) is 5.10 Å². The van der Waals surface area contributed by atoms with Crippen LogP contribution in [0.25, 0.3) is 0 Å². The molecular weight excluding hydrogens is 559 g/mol. The Kier molecular flexibility index (Phi) is 10.1.